The van der Waals surface area contributed by atoms with Crippen LogP contribution >= 0.6 is 0 Å². The second-order valence-electron chi connectivity index (χ2n) is 4.51. The summed E-state index contributed by atoms with van der Waals surface area (Å²) in [5.41, 5.74) is 0. The van der Waals surface area contributed by atoms with Crippen LogP contribution in [0.3, 0.4) is 0 Å². The lowest BCUT2D eigenvalue weighted by molar-refractivity contribution is -0.159. The van der Waals surface area contributed by atoms with Crippen LogP contribution in [-0.4, -0.2) is 36.6 Å². The van der Waals surface area contributed by atoms with Crippen LogP contribution in [0.25, 0.3) is 0 Å². The van der Waals surface area contributed by atoms with Crippen LogP contribution in [0.15, 0.2) is 0 Å². The molecule has 0 aromatic heterocycles. The maximum absolute atomic E-state index is 11.4. The maximum Gasteiger partial charge on any atom is 0.248 e. The van der Waals surface area contributed by atoms with Crippen molar-refractivity contribution in [1.29, 1.82) is 0 Å². The molecule has 2 fully saturated rings. The fourth-order valence-corrected chi connectivity index (χ4v) is 2.64. The van der Waals surface area contributed by atoms with E-state index in [0.717, 1.165) is 18.8 Å². The Morgan fingerprint density at radius 1 is 1.50 bits per heavy atom. The summed E-state index contributed by atoms with van der Waals surface area (Å²) >= 11 is 0. The molecule has 0 radical (unpaired) electrons. The van der Waals surface area contributed by atoms with Crippen LogP contribution < -0.4 is 0 Å². The van der Waals surface area contributed by atoms with Gasteiger partial charge in [-0.1, -0.05) is 13.3 Å². The van der Waals surface area contributed by atoms with Gasteiger partial charge in [0.1, 0.15) is 6.61 Å². The molecule has 0 spiro atoms. The van der Waals surface area contributed by atoms with Gasteiger partial charge in [0.05, 0.1) is 12.1 Å². The van der Waals surface area contributed by atoms with E-state index in [0.29, 0.717) is 12.1 Å². The highest BCUT2D eigenvalue weighted by molar-refractivity contribution is 5.78. The molecule has 3 heteroatoms. The van der Waals surface area contributed by atoms with Crippen molar-refractivity contribution in [2.24, 2.45) is 5.92 Å². The van der Waals surface area contributed by atoms with Gasteiger partial charge in [-0.05, 0) is 25.2 Å². The first-order valence-electron chi connectivity index (χ1n) is 5.59. The van der Waals surface area contributed by atoms with E-state index >= 15 is 0 Å². The zero-order valence-electron chi connectivity index (χ0n) is 9.03. The molecule has 80 valence electrons. The molecule has 2 rings (SSSR count). The van der Waals surface area contributed by atoms with Crippen molar-refractivity contribution < 1.29 is 9.53 Å². The Bertz CT molecular complexity index is 229. The number of likely N-dealkylation sites (N-methyl/N-ethyl adjacent to an activating group) is 1. The van der Waals surface area contributed by atoms with E-state index in [1.54, 1.807) is 0 Å². The second kappa shape index (κ2) is 3.89. The summed E-state index contributed by atoms with van der Waals surface area (Å²) in [7, 11) is 1.92. The zero-order valence-corrected chi connectivity index (χ0v) is 9.03. The normalized spacial score (nSPS) is 38.3. The van der Waals surface area contributed by atoms with E-state index in [9.17, 15) is 4.79 Å². The molecule has 1 aliphatic heterocycles. The van der Waals surface area contributed by atoms with E-state index in [1.807, 2.05) is 11.9 Å². The average Bonchev–Trinajstić information content (AvgIpc) is 2.23. The van der Waals surface area contributed by atoms with Crippen molar-refractivity contribution >= 4 is 5.91 Å². The maximum atomic E-state index is 11.4. The molecular formula is C11H19NO2. The molecular weight excluding hydrogens is 178 g/mol. The van der Waals surface area contributed by atoms with Gasteiger partial charge >= 0.3 is 0 Å². The van der Waals surface area contributed by atoms with Crippen molar-refractivity contribution in [2.45, 2.75) is 44.8 Å². The molecule has 2 unspecified atom stereocenters. The fourth-order valence-electron chi connectivity index (χ4n) is 2.64. The van der Waals surface area contributed by atoms with Gasteiger partial charge in [-0.2, -0.15) is 0 Å². The van der Waals surface area contributed by atoms with Gasteiger partial charge in [0.15, 0.2) is 0 Å². The molecule has 1 heterocycles. The molecule has 0 N–H and O–H groups in total. The number of ether oxygens (including phenoxy) is 1. The number of carbonyl (C=O) groups is 1. The van der Waals surface area contributed by atoms with Crippen molar-refractivity contribution in [3.8, 4) is 0 Å². The standard InChI is InChI=1S/C11H19NO2/c1-3-8-4-5-10-9(6-8)12(2)11(13)7-14-10/h8-10H,3-7H2,1-2H3/t8?,9-,10?/m0/s1. The molecule has 0 aromatic rings. The van der Waals surface area contributed by atoms with Crippen LogP contribution in [0.1, 0.15) is 32.6 Å². The molecule has 0 bridgehead atoms. The smallest absolute Gasteiger partial charge is 0.248 e. The highest BCUT2D eigenvalue weighted by atomic mass is 16.5. The lowest BCUT2D eigenvalue weighted by Crippen LogP contribution is -2.54. The lowest BCUT2D eigenvalue weighted by Gasteiger charge is -2.44. The highest BCUT2D eigenvalue weighted by Gasteiger charge is 2.38. The number of carbonyl (C=O) groups excluding carboxylic acids is 1. The van der Waals surface area contributed by atoms with Crippen molar-refractivity contribution in [3.05, 3.63) is 0 Å². The van der Waals surface area contributed by atoms with Gasteiger partial charge in [-0.3, -0.25) is 4.79 Å². The van der Waals surface area contributed by atoms with E-state index in [2.05, 4.69) is 6.92 Å². The highest BCUT2D eigenvalue weighted by Crippen LogP contribution is 2.33. The number of amides is 1. The molecule has 2 aliphatic rings. The molecule has 1 amide bonds. The predicted molar refractivity (Wildman–Crippen MR) is 53.9 cm³/mol. The Labute approximate surface area is 85.4 Å². The molecule has 0 aromatic carbocycles. The van der Waals surface area contributed by atoms with E-state index in [-0.39, 0.29) is 12.5 Å². The lowest BCUT2D eigenvalue weighted by atomic mass is 9.81. The van der Waals surface area contributed by atoms with E-state index < -0.39 is 0 Å². The van der Waals surface area contributed by atoms with Crippen LogP contribution in [0.5, 0.6) is 0 Å². The van der Waals surface area contributed by atoms with Gasteiger partial charge in [-0.15, -0.1) is 0 Å². The van der Waals surface area contributed by atoms with Crippen LogP contribution in [-0.2, 0) is 9.53 Å². The molecule has 1 aliphatic carbocycles. The fraction of sp³-hybridized carbons (Fsp3) is 0.909. The Balaban J connectivity index is 2.04. The van der Waals surface area contributed by atoms with Crippen LogP contribution in [0.4, 0.5) is 0 Å². The van der Waals surface area contributed by atoms with Crippen LogP contribution in [0, 0.1) is 5.92 Å². The van der Waals surface area contributed by atoms with Crippen molar-refractivity contribution in [3.63, 3.8) is 0 Å². The number of hydrogen-bond acceptors (Lipinski definition) is 2. The topological polar surface area (TPSA) is 29.5 Å². The first-order chi connectivity index (χ1) is 6.72. The number of fused-ring (bicyclic) bond motifs is 1. The largest absolute Gasteiger partial charge is 0.366 e. The number of hydrogen-bond donors (Lipinski definition) is 0. The molecule has 3 atom stereocenters. The zero-order chi connectivity index (χ0) is 10.1. The summed E-state index contributed by atoms with van der Waals surface area (Å²) < 4.78 is 5.57. The van der Waals surface area contributed by atoms with Gasteiger partial charge in [0, 0.05) is 7.05 Å². The monoisotopic (exact) mass is 197 g/mol. The summed E-state index contributed by atoms with van der Waals surface area (Å²) in [4.78, 5) is 13.3. The predicted octanol–water partition coefficient (Wildman–Crippen LogP) is 1.42. The van der Waals surface area contributed by atoms with Crippen molar-refractivity contribution in [1.82, 2.24) is 4.90 Å². The number of nitrogens with zero attached hydrogens (tertiary/aromatic N) is 1. The average molecular weight is 197 g/mol. The summed E-state index contributed by atoms with van der Waals surface area (Å²) in [6, 6.07) is 0.343. The Morgan fingerprint density at radius 3 is 3.00 bits per heavy atom. The second-order valence-corrected chi connectivity index (χ2v) is 4.51. The van der Waals surface area contributed by atoms with Gasteiger partial charge in [-0.25, -0.2) is 0 Å². The SMILES string of the molecule is CCC1CCC2OCC(=O)N(C)[C@H]2C1. The third kappa shape index (κ3) is 1.65. The minimum absolute atomic E-state index is 0.142. The molecule has 1 saturated carbocycles. The molecule has 1 saturated heterocycles. The van der Waals surface area contributed by atoms with Gasteiger partial charge in [0.25, 0.3) is 0 Å². The third-order valence-corrected chi connectivity index (χ3v) is 3.75. The third-order valence-electron chi connectivity index (χ3n) is 3.75. The van der Waals surface area contributed by atoms with Gasteiger partial charge < -0.3 is 9.64 Å². The minimum Gasteiger partial charge on any atom is -0.366 e. The van der Waals surface area contributed by atoms with E-state index in [4.69, 9.17) is 4.74 Å². The molecule has 3 nitrogen and oxygen atoms in total. The number of morpholine rings is 1. The van der Waals surface area contributed by atoms with Crippen molar-refractivity contribution in [2.75, 3.05) is 13.7 Å². The first-order valence-corrected chi connectivity index (χ1v) is 5.59. The van der Waals surface area contributed by atoms with E-state index in [1.165, 1.54) is 12.8 Å². The Hall–Kier alpha value is -0.570. The number of rotatable bonds is 1. The van der Waals surface area contributed by atoms with Crippen LogP contribution in [0.2, 0.25) is 0 Å². The van der Waals surface area contributed by atoms with Gasteiger partial charge in [0.2, 0.25) is 5.91 Å². The Morgan fingerprint density at radius 2 is 2.29 bits per heavy atom. The molecule has 14 heavy (non-hydrogen) atoms. The quantitative estimate of drug-likeness (QED) is 0.636. The summed E-state index contributed by atoms with van der Waals surface area (Å²) in [5.74, 6) is 0.927. The summed E-state index contributed by atoms with van der Waals surface area (Å²) in [6.45, 7) is 2.52. The summed E-state index contributed by atoms with van der Waals surface area (Å²) in [5, 5.41) is 0. The minimum atomic E-state index is 0.142. The Kier molecular flexibility index (Phi) is 2.77. The summed E-state index contributed by atoms with van der Waals surface area (Å²) in [6.07, 6.45) is 5.05. The first kappa shape index (κ1) is 9.97.